The second-order valence-electron chi connectivity index (χ2n) is 3.29. The summed E-state index contributed by atoms with van der Waals surface area (Å²) in [4.78, 5) is 0. The molecule has 0 N–H and O–H groups in total. The van der Waals surface area contributed by atoms with Gasteiger partial charge in [-0.3, -0.25) is 0 Å². The molecule has 0 atom stereocenters. The molecule has 0 spiro atoms. The van der Waals surface area contributed by atoms with Crippen LogP contribution in [0, 0.1) is 0 Å². The van der Waals surface area contributed by atoms with E-state index in [9.17, 15) is 0 Å². The summed E-state index contributed by atoms with van der Waals surface area (Å²) < 4.78 is 5.24. The summed E-state index contributed by atoms with van der Waals surface area (Å²) in [6, 6.07) is 6.51. The molecule has 0 unspecified atom stereocenters. The van der Waals surface area contributed by atoms with E-state index in [-0.39, 0.29) is 0 Å². The van der Waals surface area contributed by atoms with Crippen LogP contribution in [-0.2, 0) is 12.8 Å². The van der Waals surface area contributed by atoms with Gasteiger partial charge < -0.3 is 4.74 Å². The van der Waals surface area contributed by atoms with Crippen LogP contribution in [0.4, 0.5) is 0 Å². The maximum Gasteiger partial charge on any atom is 0.119 e. The van der Waals surface area contributed by atoms with Crippen LogP contribution in [0.5, 0.6) is 5.75 Å². The minimum absolute atomic E-state index is 0.989. The van der Waals surface area contributed by atoms with E-state index in [4.69, 9.17) is 4.74 Å². The molecule has 13 heavy (non-hydrogen) atoms. The largest absolute Gasteiger partial charge is 0.497 e. The number of aryl methyl sites for hydroxylation is 2. The van der Waals surface area contributed by atoms with Crippen LogP contribution in [0.1, 0.15) is 31.4 Å². The van der Waals surface area contributed by atoms with Crippen molar-refractivity contribution in [2.24, 2.45) is 0 Å². The van der Waals surface area contributed by atoms with Gasteiger partial charge in [-0.1, -0.05) is 26.3 Å². The van der Waals surface area contributed by atoms with Crippen LogP contribution in [-0.4, -0.2) is 7.11 Å². The van der Waals surface area contributed by atoms with Crippen molar-refractivity contribution in [1.82, 2.24) is 0 Å². The lowest BCUT2D eigenvalue weighted by Gasteiger charge is -2.06. The fraction of sp³-hybridized carbons (Fsp3) is 0.500. The third kappa shape index (κ3) is 2.76. The lowest BCUT2D eigenvalue weighted by Crippen LogP contribution is -1.91. The molecule has 1 aromatic carbocycles. The second-order valence-corrected chi connectivity index (χ2v) is 3.29. The van der Waals surface area contributed by atoms with Gasteiger partial charge in [0.15, 0.2) is 0 Å². The first-order valence-electron chi connectivity index (χ1n) is 4.97. The molecule has 0 fully saturated rings. The second kappa shape index (κ2) is 4.90. The molecule has 0 bridgehead atoms. The van der Waals surface area contributed by atoms with Gasteiger partial charge in [-0.15, -0.1) is 0 Å². The Morgan fingerprint density at radius 3 is 2.31 bits per heavy atom. The number of benzene rings is 1. The molecule has 0 aromatic heterocycles. The molecule has 0 amide bonds. The first-order chi connectivity index (χ1) is 6.30. The van der Waals surface area contributed by atoms with Gasteiger partial charge in [-0.05, 0) is 36.1 Å². The van der Waals surface area contributed by atoms with Crippen LogP contribution < -0.4 is 4.74 Å². The summed E-state index contributed by atoms with van der Waals surface area (Å²) >= 11 is 0. The Balaban J connectivity index is 2.93. The van der Waals surface area contributed by atoms with Crippen LogP contribution in [0.2, 0.25) is 0 Å². The molecular formula is C12H18O. The van der Waals surface area contributed by atoms with E-state index >= 15 is 0 Å². The summed E-state index contributed by atoms with van der Waals surface area (Å²) in [7, 11) is 1.73. The average molecular weight is 178 g/mol. The Morgan fingerprint density at radius 1 is 1.08 bits per heavy atom. The highest BCUT2D eigenvalue weighted by Gasteiger charge is 1.98. The maximum atomic E-state index is 5.24. The highest BCUT2D eigenvalue weighted by molar-refractivity contribution is 5.34. The maximum absolute atomic E-state index is 5.24. The number of ether oxygens (including phenoxy) is 1. The van der Waals surface area contributed by atoms with E-state index in [0.29, 0.717) is 0 Å². The molecule has 0 aliphatic carbocycles. The number of hydrogen-bond donors (Lipinski definition) is 0. The van der Waals surface area contributed by atoms with E-state index in [1.54, 1.807) is 7.11 Å². The molecular weight excluding hydrogens is 160 g/mol. The van der Waals surface area contributed by atoms with Crippen molar-refractivity contribution in [2.75, 3.05) is 7.11 Å². The molecule has 1 heteroatoms. The zero-order valence-corrected chi connectivity index (χ0v) is 8.76. The van der Waals surface area contributed by atoms with Gasteiger partial charge in [0.25, 0.3) is 0 Å². The highest BCUT2D eigenvalue weighted by atomic mass is 16.5. The number of methoxy groups -OCH3 is 1. The summed E-state index contributed by atoms with van der Waals surface area (Å²) in [5, 5.41) is 0. The van der Waals surface area contributed by atoms with Gasteiger partial charge in [0.05, 0.1) is 7.11 Å². The summed E-state index contributed by atoms with van der Waals surface area (Å²) in [5.74, 6) is 0.989. The lowest BCUT2D eigenvalue weighted by atomic mass is 10.0. The summed E-state index contributed by atoms with van der Waals surface area (Å²) in [5.41, 5.74) is 2.75. The molecule has 1 rings (SSSR count). The Labute approximate surface area is 80.7 Å². The summed E-state index contributed by atoms with van der Waals surface area (Å²) in [6.45, 7) is 4.37. The molecule has 0 radical (unpaired) electrons. The minimum Gasteiger partial charge on any atom is -0.497 e. The van der Waals surface area contributed by atoms with E-state index in [1.807, 2.05) is 0 Å². The first-order valence-corrected chi connectivity index (χ1v) is 4.97. The fourth-order valence-corrected chi connectivity index (χ4v) is 1.48. The first kappa shape index (κ1) is 10.1. The molecule has 72 valence electrons. The zero-order chi connectivity index (χ0) is 9.68. The van der Waals surface area contributed by atoms with Gasteiger partial charge in [0.2, 0.25) is 0 Å². The van der Waals surface area contributed by atoms with E-state index in [0.717, 1.165) is 18.6 Å². The van der Waals surface area contributed by atoms with E-state index in [2.05, 4.69) is 32.0 Å². The van der Waals surface area contributed by atoms with Crippen LogP contribution in [0.15, 0.2) is 18.2 Å². The fourth-order valence-electron chi connectivity index (χ4n) is 1.48. The van der Waals surface area contributed by atoms with Gasteiger partial charge in [0.1, 0.15) is 5.75 Å². The molecule has 0 saturated carbocycles. The van der Waals surface area contributed by atoms with Crippen molar-refractivity contribution < 1.29 is 4.74 Å². The Morgan fingerprint density at radius 2 is 1.77 bits per heavy atom. The third-order valence-electron chi connectivity index (χ3n) is 2.21. The topological polar surface area (TPSA) is 9.23 Å². The molecule has 0 saturated heterocycles. The average Bonchev–Trinajstić information content (AvgIpc) is 2.17. The number of rotatable bonds is 4. The van der Waals surface area contributed by atoms with E-state index < -0.39 is 0 Å². The Hall–Kier alpha value is -0.980. The number of hydrogen-bond acceptors (Lipinski definition) is 1. The Kier molecular flexibility index (Phi) is 3.81. The minimum atomic E-state index is 0.989. The predicted molar refractivity (Wildman–Crippen MR) is 56.4 cm³/mol. The molecule has 1 nitrogen and oxygen atoms in total. The van der Waals surface area contributed by atoms with Crippen molar-refractivity contribution >= 4 is 0 Å². The zero-order valence-electron chi connectivity index (χ0n) is 8.76. The molecule has 0 aliphatic rings. The molecule has 0 aliphatic heterocycles. The van der Waals surface area contributed by atoms with Crippen LogP contribution in [0.3, 0.4) is 0 Å². The third-order valence-corrected chi connectivity index (χ3v) is 2.21. The van der Waals surface area contributed by atoms with Crippen molar-refractivity contribution in [3.8, 4) is 5.75 Å². The lowest BCUT2D eigenvalue weighted by molar-refractivity contribution is 0.413. The molecule has 0 heterocycles. The van der Waals surface area contributed by atoms with Crippen molar-refractivity contribution in [3.63, 3.8) is 0 Å². The predicted octanol–water partition coefficient (Wildman–Crippen LogP) is 3.21. The van der Waals surface area contributed by atoms with Gasteiger partial charge in [0, 0.05) is 0 Å². The van der Waals surface area contributed by atoms with Crippen LogP contribution in [0.25, 0.3) is 0 Å². The van der Waals surface area contributed by atoms with Crippen molar-refractivity contribution in [2.45, 2.75) is 33.1 Å². The van der Waals surface area contributed by atoms with Gasteiger partial charge in [-0.2, -0.15) is 0 Å². The Bertz CT molecular complexity index is 244. The quantitative estimate of drug-likeness (QED) is 0.688. The van der Waals surface area contributed by atoms with Gasteiger partial charge in [-0.25, -0.2) is 0 Å². The van der Waals surface area contributed by atoms with Crippen LogP contribution >= 0.6 is 0 Å². The standard InChI is InChI=1S/C12H18O/c1-4-6-11-7-10(5-2)8-12(9-11)13-3/h7-9H,4-6H2,1-3H3. The van der Waals surface area contributed by atoms with Gasteiger partial charge >= 0.3 is 0 Å². The van der Waals surface area contributed by atoms with E-state index in [1.165, 1.54) is 17.5 Å². The summed E-state index contributed by atoms with van der Waals surface area (Å²) in [6.07, 6.45) is 3.41. The smallest absolute Gasteiger partial charge is 0.119 e. The SMILES string of the molecule is CCCc1cc(CC)cc(OC)c1. The normalized spacial score (nSPS) is 10.1. The van der Waals surface area contributed by atoms with Crippen molar-refractivity contribution in [1.29, 1.82) is 0 Å². The molecule has 1 aromatic rings. The van der Waals surface area contributed by atoms with Crippen molar-refractivity contribution in [3.05, 3.63) is 29.3 Å². The monoisotopic (exact) mass is 178 g/mol. The highest BCUT2D eigenvalue weighted by Crippen LogP contribution is 2.18.